The van der Waals surface area contributed by atoms with Crippen molar-refractivity contribution < 1.29 is 9.90 Å². The molecule has 18 heavy (non-hydrogen) atoms. The number of hydrogen-bond donors (Lipinski definition) is 1. The van der Waals surface area contributed by atoms with E-state index in [4.69, 9.17) is 5.11 Å². The third-order valence-corrected chi connectivity index (χ3v) is 3.96. The molecular weight excluding hydrogens is 246 g/mol. The Morgan fingerprint density at radius 1 is 1.39 bits per heavy atom. The van der Waals surface area contributed by atoms with Crippen LogP contribution in [0.4, 0.5) is 0 Å². The zero-order valence-electron chi connectivity index (χ0n) is 10.3. The summed E-state index contributed by atoms with van der Waals surface area (Å²) >= 11 is 1.62. The summed E-state index contributed by atoms with van der Waals surface area (Å²) in [4.78, 5) is 15.0. The number of thiophene rings is 1. The number of nitrogens with zero attached hydrogens (tertiary/aromatic N) is 1. The molecule has 1 N–H and O–H groups in total. The summed E-state index contributed by atoms with van der Waals surface area (Å²) in [6, 6.07) is 1.95. The van der Waals surface area contributed by atoms with E-state index in [-0.39, 0.29) is 12.5 Å². The van der Waals surface area contributed by atoms with E-state index in [9.17, 15) is 4.79 Å². The monoisotopic (exact) mass is 263 g/mol. The van der Waals surface area contributed by atoms with Crippen molar-refractivity contribution in [1.82, 2.24) is 4.90 Å². The Morgan fingerprint density at radius 2 is 2.28 bits per heavy atom. The molecule has 0 aromatic carbocycles. The first-order chi connectivity index (χ1) is 8.81. The van der Waals surface area contributed by atoms with Crippen molar-refractivity contribution in [2.75, 3.05) is 13.2 Å². The van der Waals surface area contributed by atoms with Crippen LogP contribution >= 0.6 is 11.3 Å². The molecule has 1 amide bonds. The molecule has 1 saturated heterocycles. The van der Waals surface area contributed by atoms with Crippen LogP contribution in [0, 0.1) is 11.8 Å². The number of carbonyl (C=O) groups is 1. The topological polar surface area (TPSA) is 40.5 Å². The molecule has 96 valence electrons. The Hall–Kier alpha value is -1.31. The first kappa shape index (κ1) is 13.1. The molecule has 1 fully saturated rings. The highest BCUT2D eigenvalue weighted by Crippen LogP contribution is 2.21. The quantitative estimate of drug-likeness (QED) is 0.829. The SMILES string of the molecule is O=C1CCCCCN1Cc1sccc1C#CCO. The van der Waals surface area contributed by atoms with Crippen LogP contribution in [0.25, 0.3) is 0 Å². The van der Waals surface area contributed by atoms with Gasteiger partial charge in [-0.2, -0.15) is 0 Å². The molecule has 4 heteroatoms. The zero-order chi connectivity index (χ0) is 12.8. The average molecular weight is 263 g/mol. The van der Waals surface area contributed by atoms with Crippen LogP contribution in [0.2, 0.25) is 0 Å². The van der Waals surface area contributed by atoms with E-state index in [1.807, 2.05) is 16.3 Å². The van der Waals surface area contributed by atoms with Crippen LogP contribution in [0.1, 0.15) is 36.1 Å². The molecule has 1 aromatic heterocycles. The second kappa shape index (κ2) is 6.58. The molecule has 0 atom stereocenters. The molecule has 0 spiro atoms. The van der Waals surface area contributed by atoms with Crippen molar-refractivity contribution in [2.24, 2.45) is 0 Å². The van der Waals surface area contributed by atoms with Crippen molar-refractivity contribution in [1.29, 1.82) is 0 Å². The van der Waals surface area contributed by atoms with Crippen molar-refractivity contribution in [3.63, 3.8) is 0 Å². The molecule has 1 aromatic rings. The lowest BCUT2D eigenvalue weighted by Crippen LogP contribution is -2.29. The van der Waals surface area contributed by atoms with Gasteiger partial charge in [0.25, 0.3) is 0 Å². The molecule has 0 saturated carbocycles. The van der Waals surface area contributed by atoms with E-state index in [1.165, 1.54) is 0 Å². The molecule has 0 radical (unpaired) electrons. The van der Waals surface area contributed by atoms with Gasteiger partial charge in [0.1, 0.15) is 6.61 Å². The van der Waals surface area contributed by atoms with Gasteiger partial charge in [0.15, 0.2) is 0 Å². The second-order valence-corrected chi connectivity index (χ2v) is 5.34. The summed E-state index contributed by atoms with van der Waals surface area (Å²) in [5.74, 6) is 5.85. The zero-order valence-corrected chi connectivity index (χ0v) is 11.1. The summed E-state index contributed by atoms with van der Waals surface area (Å²) in [6.07, 6.45) is 3.92. The minimum atomic E-state index is -0.127. The number of amides is 1. The minimum absolute atomic E-state index is 0.127. The number of hydrogen-bond acceptors (Lipinski definition) is 3. The van der Waals surface area contributed by atoms with Crippen molar-refractivity contribution in [2.45, 2.75) is 32.2 Å². The summed E-state index contributed by atoms with van der Waals surface area (Å²) in [5.41, 5.74) is 0.936. The highest BCUT2D eigenvalue weighted by atomic mass is 32.1. The van der Waals surface area contributed by atoms with Gasteiger partial charge >= 0.3 is 0 Å². The molecule has 0 unspecified atom stereocenters. The summed E-state index contributed by atoms with van der Waals surface area (Å²) in [7, 11) is 0. The molecule has 2 rings (SSSR count). The third-order valence-electron chi connectivity index (χ3n) is 3.05. The van der Waals surface area contributed by atoms with E-state index in [1.54, 1.807) is 11.3 Å². The lowest BCUT2D eigenvalue weighted by molar-refractivity contribution is -0.131. The molecule has 0 bridgehead atoms. The standard InChI is InChI=1S/C14H17NO2S/c16-9-4-5-12-7-10-18-13(12)11-15-8-3-1-2-6-14(15)17/h7,10,16H,1-3,6,8-9,11H2. The second-order valence-electron chi connectivity index (χ2n) is 4.34. The van der Waals surface area contributed by atoms with Gasteiger partial charge in [0.2, 0.25) is 5.91 Å². The Balaban J connectivity index is 2.08. The normalized spacial score (nSPS) is 16.1. The van der Waals surface area contributed by atoms with Gasteiger partial charge in [-0.15, -0.1) is 11.3 Å². The first-order valence-electron chi connectivity index (χ1n) is 6.25. The van der Waals surface area contributed by atoms with Gasteiger partial charge in [-0.3, -0.25) is 4.79 Å². The van der Waals surface area contributed by atoms with Crippen molar-refractivity contribution in [3.8, 4) is 11.8 Å². The van der Waals surface area contributed by atoms with Gasteiger partial charge in [-0.25, -0.2) is 0 Å². The fourth-order valence-corrected chi connectivity index (χ4v) is 2.93. The van der Waals surface area contributed by atoms with E-state index in [2.05, 4.69) is 11.8 Å². The van der Waals surface area contributed by atoms with Gasteiger partial charge in [0.05, 0.1) is 6.54 Å². The fraction of sp³-hybridized carbons (Fsp3) is 0.500. The number of aliphatic hydroxyl groups excluding tert-OH is 1. The predicted octanol–water partition coefficient (Wildman–Crippen LogP) is 1.99. The van der Waals surface area contributed by atoms with Crippen molar-refractivity contribution >= 4 is 17.2 Å². The Labute approximate surface area is 111 Å². The molecule has 0 aliphatic carbocycles. The maximum absolute atomic E-state index is 11.9. The van der Waals surface area contributed by atoms with Crippen LogP contribution in [0.3, 0.4) is 0 Å². The van der Waals surface area contributed by atoms with Crippen LogP contribution in [0.5, 0.6) is 0 Å². The molecule has 2 heterocycles. The maximum atomic E-state index is 11.9. The third kappa shape index (κ3) is 3.34. The van der Waals surface area contributed by atoms with Crippen LogP contribution in [-0.2, 0) is 11.3 Å². The van der Waals surface area contributed by atoms with Gasteiger partial charge < -0.3 is 10.0 Å². The fourth-order valence-electron chi connectivity index (χ4n) is 2.09. The van der Waals surface area contributed by atoms with Crippen LogP contribution in [-0.4, -0.2) is 29.1 Å². The van der Waals surface area contributed by atoms with Gasteiger partial charge in [-0.1, -0.05) is 18.3 Å². The first-order valence-corrected chi connectivity index (χ1v) is 7.13. The summed E-state index contributed by atoms with van der Waals surface area (Å²) < 4.78 is 0. The lowest BCUT2D eigenvalue weighted by Gasteiger charge is -2.19. The number of rotatable bonds is 2. The lowest BCUT2D eigenvalue weighted by atomic mass is 10.2. The largest absolute Gasteiger partial charge is 0.384 e. The summed E-state index contributed by atoms with van der Waals surface area (Å²) in [5, 5.41) is 10.7. The smallest absolute Gasteiger partial charge is 0.222 e. The maximum Gasteiger partial charge on any atom is 0.222 e. The predicted molar refractivity (Wildman–Crippen MR) is 72.2 cm³/mol. The molecular formula is C14H17NO2S. The molecule has 3 nitrogen and oxygen atoms in total. The van der Waals surface area contributed by atoms with E-state index >= 15 is 0 Å². The minimum Gasteiger partial charge on any atom is -0.384 e. The van der Waals surface area contributed by atoms with E-state index in [0.717, 1.165) is 36.2 Å². The highest BCUT2D eigenvalue weighted by molar-refractivity contribution is 7.10. The Morgan fingerprint density at radius 3 is 3.11 bits per heavy atom. The van der Waals surface area contributed by atoms with E-state index in [0.29, 0.717) is 13.0 Å². The highest BCUT2D eigenvalue weighted by Gasteiger charge is 2.18. The van der Waals surface area contributed by atoms with Gasteiger partial charge in [-0.05, 0) is 24.3 Å². The van der Waals surface area contributed by atoms with Crippen molar-refractivity contribution in [3.05, 3.63) is 21.9 Å². The average Bonchev–Trinajstić information content (AvgIpc) is 2.71. The van der Waals surface area contributed by atoms with E-state index < -0.39 is 0 Å². The van der Waals surface area contributed by atoms with Crippen LogP contribution < -0.4 is 0 Å². The Bertz CT molecular complexity index is 470. The molecule has 1 aliphatic rings. The molecule has 1 aliphatic heterocycles. The van der Waals surface area contributed by atoms with Crippen LogP contribution in [0.15, 0.2) is 11.4 Å². The van der Waals surface area contributed by atoms with Gasteiger partial charge in [0, 0.05) is 23.4 Å². The summed E-state index contributed by atoms with van der Waals surface area (Å²) in [6.45, 7) is 1.38. The number of likely N-dealkylation sites (tertiary alicyclic amines) is 1. The Kier molecular flexibility index (Phi) is 4.80. The number of aliphatic hydroxyl groups is 1. The number of carbonyl (C=O) groups excluding carboxylic acids is 1.